The van der Waals surface area contributed by atoms with Crippen LogP contribution in [0.15, 0.2) is 23.1 Å². The van der Waals surface area contributed by atoms with Crippen LogP contribution >= 0.6 is 0 Å². The van der Waals surface area contributed by atoms with Gasteiger partial charge >= 0.3 is 0 Å². The fourth-order valence-electron chi connectivity index (χ4n) is 2.24. The summed E-state index contributed by atoms with van der Waals surface area (Å²) in [7, 11) is -3.86. The number of aliphatic hydroxyl groups is 1. The molecule has 0 aromatic heterocycles. The summed E-state index contributed by atoms with van der Waals surface area (Å²) in [5, 5.41) is 8.58. The van der Waals surface area contributed by atoms with E-state index in [2.05, 4.69) is 16.6 Å². The number of nitrogens with one attached hydrogen (secondary N) is 1. The molecular formula is C15H18FNO3S. The summed E-state index contributed by atoms with van der Waals surface area (Å²) in [6.07, 6.45) is 3.06. The fraction of sp³-hybridized carbons (Fsp3) is 0.467. The number of rotatable bonds is 4. The second-order valence-electron chi connectivity index (χ2n) is 5.59. The fourth-order valence-corrected chi connectivity index (χ4v) is 3.50. The monoisotopic (exact) mass is 311 g/mol. The highest BCUT2D eigenvalue weighted by Crippen LogP contribution is 2.39. The van der Waals surface area contributed by atoms with Crippen molar-refractivity contribution in [3.05, 3.63) is 29.6 Å². The number of benzene rings is 1. The first-order valence-electron chi connectivity index (χ1n) is 6.75. The van der Waals surface area contributed by atoms with E-state index in [0.717, 1.165) is 25.3 Å². The van der Waals surface area contributed by atoms with Crippen molar-refractivity contribution in [2.24, 2.45) is 5.41 Å². The van der Waals surface area contributed by atoms with Crippen molar-refractivity contribution in [1.29, 1.82) is 0 Å². The Morgan fingerprint density at radius 1 is 1.43 bits per heavy atom. The van der Waals surface area contributed by atoms with Gasteiger partial charge in [-0.15, -0.1) is 0 Å². The van der Waals surface area contributed by atoms with Crippen LogP contribution in [-0.4, -0.2) is 26.7 Å². The molecule has 21 heavy (non-hydrogen) atoms. The lowest BCUT2D eigenvalue weighted by molar-refractivity contribution is 0.166. The van der Waals surface area contributed by atoms with E-state index in [1.54, 1.807) is 0 Å². The van der Waals surface area contributed by atoms with Crippen molar-refractivity contribution in [3.8, 4) is 11.8 Å². The molecule has 114 valence electrons. The minimum Gasteiger partial charge on any atom is -0.384 e. The van der Waals surface area contributed by atoms with Gasteiger partial charge in [-0.2, -0.15) is 0 Å². The molecule has 0 aliphatic heterocycles. The van der Waals surface area contributed by atoms with E-state index >= 15 is 0 Å². The van der Waals surface area contributed by atoms with Crippen LogP contribution in [-0.2, 0) is 10.0 Å². The van der Waals surface area contributed by atoms with Crippen molar-refractivity contribution >= 4 is 10.0 Å². The highest BCUT2D eigenvalue weighted by Gasteiger charge is 2.33. The van der Waals surface area contributed by atoms with Crippen molar-refractivity contribution in [2.75, 3.05) is 13.2 Å². The maximum Gasteiger partial charge on any atom is 0.243 e. The first kappa shape index (κ1) is 16.0. The summed E-state index contributed by atoms with van der Waals surface area (Å²) in [4.78, 5) is -0.375. The third-order valence-electron chi connectivity index (χ3n) is 3.78. The van der Waals surface area contributed by atoms with Crippen LogP contribution in [0.3, 0.4) is 0 Å². The van der Waals surface area contributed by atoms with Gasteiger partial charge in [0, 0.05) is 12.1 Å². The Balaban J connectivity index is 2.16. The molecule has 1 aromatic carbocycles. The molecule has 0 saturated heterocycles. The molecule has 2 rings (SSSR count). The lowest BCUT2D eigenvalue weighted by Crippen LogP contribution is -2.40. The van der Waals surface area contributed by atoms with Gasteiger partial charge in [-0.1, -0.05) is 25.2 Å². The number of sulfonamides is 1. The molecular weight excluding hydrogens is 293 g/mol. The van der Waals surface area contributed by atoms with Crippen molar-refractivity contribution in [3.63, 3.8) is 0 Å². The minimum atomic E-state index is -3.86. The number of hydrogen-bond donors (Lipinski definition) is 2. The van der Waals surface area contributed by atoms with Crippen LogP contribution in [0.25, 0.3) is 0 Å². The van der Waals surface area contributed by atoms with Gasteiger partial charge < -0.3 is 5.11 Å². The van der Waals surface area contributed by atoms with Crippen LogP contribution in [0.5, 0.6) is 0 Å². The van der Waals surface area contributed by atoms with Gasteiger partial charge in [0.2, 0.25) is 10.0 Å². The van der Waals surface area contributed by atoms with Crippen LogP contribution in [0.1, 0.15) is 31.7 Å². The predicted octanol–water partition coefficient (Wildman–Crippen LogP) is 1.64. The topological polar surface area (TPSA) is 66.4 Å². The van der Waals surface area contributed by atoms with E-state index in [4.69, 9.17) is 5.11 Å². The highest BCUT2D eigenvalue weighted by atomic mass is 32.2. The molecule has 6 heteroatoms. The lowest BCUT2D eigenvalue weighted by atomic mass is 9.71. The van der Waals surface area contributed by atoms with E-state index < -0.39 is 15.8 Å². The summed E-state index contributed by atoms with van der Waals surface area (Å²) in [5.74, 6) is 4.08. The number of hydrogen-bond acceptors (Lipinski definition) is 3. The van der Waals surface area contributed by atoms with Gasteiger partial charge in [0.1, 0.15) is 17.3 Å². The van der Waals surface area contributed by atoms with Crippen molar-refractivity contribution < 1.29 is 17.9 Å². The predicted molar refractivity (Wildman–Crippen MR) is 77.5 cm³/mol. The normalized spacial score (nSPS) is 16.7. The molecule has 1 aromatic rings. The number of aliphatic hydroxyl groups excluding tert-OH is 1. The van der Waals surface area contributed by atoms with E-state index in [1.165, 1.54) is 12.1 Å². The van der Waals surface area contributed by atoms with Crippen molar-refractivity contribution in [2.45, 2.75) is 31.1 Å². The van der Waals surface area contributed by atoms with Gasteiger partial charge in [0.25, 0.3) is 0 Å². The second-order valence-corrected chi connectivity index (χ2v) is 7.33. The maximum absolute atomic E-state index is 13.9. The third kappa shape index (κ3) is 3.82. The molecule has 0 atom stereocenters. The van der Waals surface area contributed by atoms with Gasteiger partial charge in [-0.25, -0.2) is 17.5 Å². The first-order chi connectivity index (χ1) is 9.86. The molecule has 0 unspecified atom stereocenters. The van der Waals surface area contributed by atoms with Crippen LogP contribution in [0.4, 0.5) is 4.39 Å². The zero-order chi connectivity index (χ0) is 15.5. The summed E-state index contributed by atoms with van der Waals surface area (Å²) in [6.45, 7) is 2.01. The average Bonchev–Trinajstić information content (AvgIpc) is 2.40. The Bertz CT molecular complexity index is 685. The van der Waals surface area contributed by atoms with Gasteiger partial charge in [0.15, 0.2) is 0 Å². The Morgan fingerprint density at radius 3 is 2.67 bits per heavy atom. The maximum atomic E-state index is 13.9. The SMILES string of the molecule is CC1(CNS(=O)(=O)c2ccc(C#CCO)cc2F)CCC1. The summed E-state index contributed by atoms with van der Waals surface area (Å²) in [5.41, 5.74) is 0.308. The third-order valence-corrected chi connectivity index (χ3v) is 5.22. The Labute approximate surface area is 124 Å². The zero-order valence-electron chi connectivity index (χ0n) is 11.8. The first-order valence-corrected chi connectivity index (χ1v) is 8.24. The van der Waals surface area contributed by atoms with E-state index in [9.17, 15) is 12.8 Å². The van der Waals surface area contributed by atoms with E-state index in [-0.39, 0.29) is 16.9 Å². The Morgan fingerprint density at radius 2 is 2.14 bits per heavy atom. The standard InChI is InChI=1S/C15H18FNO3S/c1-15(7-3-8-15)11-17-21(19,20)14-6-5-12(4-2-9-18)10-13(14)16/h5-6,10,17-18H,3,7-9,11H2,1H3. The second kappa shape index (κ2) is 6.14. The zero-order valence-corrected chi connectivity index (χ0v) is 12.6. The van der Waals surface area contributed by atoms with E-state index in [1.807, 2.05) is 6.92 Å². The van der Waals surface area contributed by atoms with Crippen LogP contribution in [0, 0.1) is 23.1 Å². The molecule has 4 nitrogen and oxygen atoms in total. The molecule has 1 aliphatic carbocycles. The van der Waals surface area contributed by atoms with E-state index in [0.29, 0.717) is 12.1 Å². The van der Waals surface area contributed by atoms with Gasteiger partial charge in [-0.3, -0.25) is 0 Å². The number of halogens is 1. The molecule has 0 heterocycles. The molecule has 0 amide bonds. The van der Waals surface area contributed by atoms with Crippen molar-refractivity contribution in [1.82, 2.24) is 4.72 Å². The van der Waals surface area contributed by atoms with Gasteiger partial charge in [0.05, 0.1) is 0 Å². The molecule has 2 N–H and O–H groups in total. The molecule has 0 radical (unpaired) electrons. The summed E-state index contributed by atoms with van der Waals surface area (Å²) >= 11 is 0. The molecule has 0 spiro atoms. The largest absolute Gasteiger partial charge is 0.384 e. The quantitative estimate of drug-likeness (QED) is 0.831. The molecule has 1 fully saturated rings. The lowest BCUT2D eigenvalue weighted by Gasteiger charge is -2.38. The minimum absolute atomic E-state index is 0.0178. The van der Waals surface area contributed by atoms with Crippen LogP contribution in [0.2, 0.25) is 0 Å². The molecule has 1 aliphatic rings. The van der Waals surface area contributed by atoms with Crippen LogP contribution < -0.4 is 4.72 Å². The van der Waals surface area contributed by atoms with Gasteiger partial charge in [-0.05, 0) is 36.5 Å². The smallest absolute Gasteiger partial charge is 0.243 e. The average molecular weight is 311 g/mol. The highest BCUT2D eigenvalue weighted by molar-refractivity contribution is 7.89. The molecule has 1 saturated carbocycles. The summed E-state index contributed by atoms with van der Waals surface area (Å²) < 4.78 is 40.7. The Hall–Kier alpha value is -1.42. The molecule has 0 bridgehead atoms. The summed E-state index contributed by atoms with van der Waals surface area (Å²) in [6, 6.07) is 3.68. The Kier molecular flexibility index (Phi) is 4.67.